The summed E-state index contributed by atoms with van der Waals surface area (Å²) >= 11 is 0. The lowest BCUT2D eigenvalue weighted by Gasteiger charge is -2.30. The second-order valence-electron chi connectivity index (χ2n) is 6.84. The Labute approximate surface area is 165 Å². The van der Waals surface area contributed by atoms with Crippen molar-refractivity contribution < 1.29 is 8.42 Å². The molecular formula is C16H35IN4O2S. The van der Waals surface area contributed by atoms with E-state index in [1.54, 1.807) is 0 Å². The van der Waals surface area contributed by atoms with E-state index in [4.69, 9.17) is 0 Å². The minimum atomic E-state index is -2.82. The molecule has 144 valence electrons. The predicted molar refractivity (Wildman–Crippen MR) is 113 cm³/mol. The number of aliphatic imine (C=N–C) groups is 1. The first-order valence-corrected chi connectivity index (χ1v) is 10.6. The molecular weight excluding hydrogens is 439 g/mol. The van der Waals surface area contributed by atoms with Crippen LogP contribution in [0, 0.1) is 5.92 Å². The third-order valence-corrected chi connectivity index (χ3v) is 6.00. The maximum Gasteiger partial charge on any atom is 0.191 e. The molecule has 1 fully saturated rings. The molecule has 1 aliphatic heterocycles. The molecule has 0 spiro atoms. The zero-order valence-corrected chi connectivity index (χ0v) is 18.9. The van der Waals surface area contributed by atoms with E-state index < -0.39 is 9.84 Å². The van der Waals surface area contributed by atoms with Crippen molar-refractivity contribution in [2.24, 2.45) is 10.9 Å². The Morgan fingerprint density at radius 2 is 1.83 bits per heavy atom. The molecule has 0 aromatic rings. The van der Waals surface area contributed by atoms with Gasteiger partial charge in [0, 0.05) is 38.3 Å². The number of rotatable bonds is 8. The lowest BCUT2D eigenvalue weighted by Crippen LogP contribution is -2.45. The van der Waals surface area contributed by atoms with E-state index in [0.29, 0.717) is 24.4 Å². The van der Waals surface area contributed by atoms with Gasteiger partial charge in [-0.2, -0.15) is 0 Å². The summed E-state index contributed by atoms with van der Waals surface area (Å²) in [5.41, 5.74) is 0. The summed E-state index contributed by atoms with van der Waals surface area (Å²) in [4.78, 5) is 6.99. The minimum absolute atomic E-state index is 0. The Hall–Kier alpha value is -0.0900. The molecule has 0 saturated carbocycles. The Morgan fingerprint density at radius 1 is 1.21 bits per heavy atom. The average molecular weight is 474 g/mol. The van der Waals surface area contributed by atoms with Gasteiger partial charge in [0.25, 0.3) is 0 Å². The van der Waals surface area contributed by atoms with Crippen molar-refractivity contribution in [1.29, 1.82) is 0 Å². The number of hydrogen-bond donors (Lipinski definition) is 2. The highest BCUT2D eigenvalue weighted by molar-refractivity contribution is 14.0. The molecule has 24 heavy (non-hydrogen) atoms. The minimum Gasteiger partial charge on any atom is -0.357 e. The van der Waals surface area contributed by atoms with Crippen molar-refractivity contribution in [3.05, 3.63) is 0 Å². The SMILES string of the molecule is CCNC(=NCC1CCS(=O)(=O)C1)NCCN(C(C)C)C(C)C.I. The number of halogens is 1. The van der Waals surface area contributed by atoms with Crippen LogP contribution >= 0.6 is 24.0 Å². The molecule has 1 aliphatic rings. The van der Waals surface area contributed by atoms with Crippen LogP contribution in [0.3, 0.4) is 0 Å². The van der Waals surface area contributed by atoms with Crippen molar-refractivity contribution in [2.75, 3.05) is 37.7 Å². The summed E-state index contributed by atoms with van der Waals surface area (Å²) in [6.07, 6.45) is 0.736. The Morgan fingerprint density at radius 3 is 2.29 bits per heavy atom. The molecule has 8 heteroatoms. The zero-order chi connectivity index (χ0) is 17.5. The van der Waals surface area contributed by atoms with Crippen molar-refractivity contribution in [3.63, 3.8) is 0 Å². The smallest absolute Gasteiger partial charge is 0.191 e. The van der Waals surface area contributed by atoms with Gasteiger partial charge in [-0.25, -0.2) is 8.42 Å². The highest BCUT2D eigenvalue weighted by atomic mass is 127. The molecule has 0 bridgehead atoms. The van der Waals surface area contributed by atoms with Crippen LogP contribution in [0.15, 0.2) is 4.99 Å². The second-order valence-corrected chi connectivity index (χ2v) is 9.07. The van der Waals surface area contributed by atoms with E-state index in [0.717, 1.165) is 32.0 Å². The lowest BCUT2D eigenvalue weighted by atomic mass is 10.1. The van der Waals surface area contributed by atoms with Gasteiger partial charge in [0.1, 0.15) is 0 Å². The van der Waals surface area contributed by atoms with Gasteiger partial charge in [-0.05, 0) is 47.0 Å². The van der Waals surface area contributed by atoms with Crippen molar-refractivity contribution in [3.8, 4) is 0 Å². The van der Waals surface area contributed by atoms with Gasteiger partial charge in [0.2, 0.25) is 0 Å². The quantitative estimate of drug-likeness (QED) is 0.319. The van der Waals surface area contributed by atoms with Gasteiger partial charge in [-0.15, -0.1) is 24.0 Å². The normalized spacial score (nSPS) is 20.5. The molecule has 0 aromatic carbocycles. The van der Waals surface area contributed by atoms with Gasteiger partial charge >= 0.3 is 0 Å². The fourth-order valence-corrected chi connectivity index (χ4v) is 4.84. The number of nitrogens with zero attached hydrogens (tertiary/aromatic N) is 2. The van der Waals surface area contributed by atoms with Gasteiger partial charge in [-0.1, -0.05) is 0 Å². The van der Waals surface area contributed by atoms with Crippen LogP contribution in [0.4, 0.5) is 0 Å². The van der Waals surface area contributed by atoms with Crippen LogP contribution in [-0.4, -0.2) is 69.0 Å². The van der Waals surface area contributed by atoms with E-state index >= 15 is 0 Å². The summed E-state index contributed by atoms with van der Waals surface area (Å²) in [7, 11) is -2.82. The van der Waals surface area contributed by atoms with Gasteiger partial charge in [0.05, 0.1) is 11.5 Å². The van der Waals surface area contributed by atoms with Crippen LogP contribution in [-0.2, 0) is 9.84 Å². The Bertz CT molecular complexity index is 472. The van der Waals surface area contributed by atoms with E-state index in [1.165, 1.54) is 0 Å². The van der Waals surface area contributed by atoms with Crippen LogP contribution in [0.5, 0.6) is 0 Å². The molecule has 0 aromatic heterocycles. The summed E-state index contributed by atoms with van der Waals surface area (Å²) < 4.78 is 23.0. The summed E-state index contributed by atoms with van der Waals surface area (Å²) in [5, 5.41) is 6.58. The first-order chi connectivity index (χ1) is 10.7. The molecule has 0 radical (unpaired) electrons. The van der Waals surface area contributed by atoms with Crippen LogP contribution < -0.4 is 10.6 Å². The van der Waals surface area contributed by atoms with Gasteiger partial charge < -0.3 is 10.6 Å². The van der Waals surface area contributed by atoms with Gasteiger partial charge in [-0.3, -0.25) is 9.89 Å². The fourth-order valence-electron chi connectivity index (χ4n) is 2.99. The highest BCUT2D eigenvalue weighted by Crippen LogP contribution is 2.18. The van der Waals surface area contributed by atoms with E-state index in [9.17, 15) is 8.42 Å². The van der Waals surface area contributed by atoms with Crippen LogP contribution in [0.25, 0.3) is 0 Å². The molecule has 1 rings (SSSR count). The van der Waals surface area contributed by atoms with Crippen molar-refractivity contribution >= 4 is 39.8 Å². The molecule has 1 unspecified atom stereocenters. The Kier molecular flexibility index (Phi) is 11.5. The summed E-state index contributed by atoms with van der Waals surface area (Å²) in [5.74, 6) is 1.54. The number of sulfone groups is 1. The maximum atomic E-state index is 11.5. The number of guanidine groups is 1. The average Bonchev–Trinajstić information content (AvgIpc) is 2.79. The summed E-state index contributed by atoms with van der Waals surface area (Å²) in [6, 6.07) is 1.03. The second kappa shape index (κ2) is 11.5. The van der Waals surface area contributed by atoms with Crippen LogP contribution in [0.2, 0.25) is 0 Å². The molecule has 0 aliphatic carbocycles. The first-order valence-electron chi connectivity index (χ1n) is 8.73. The third kappa shape index (κ3) is 8.84. The predicted octanol–water partition coefficient (Wildman–Crippen LogP) is 1.71. The summed E-state index contributed by atoms with van der Waals surface area (Å²) in [6.45, 7) is 14.0. The molecule has 6 nitrogen and oxygen atoms in total. The number of nitrogens with one attached hydrogen (secondary N) is 2. The largest absolute Gasteiger partial charge is 0.357 e. The van der Waals surface area contributed by atoms with Crippen molar-refractivity contribution in [2.45, 2.75) is 53.1 Å². The maximum absolute atomic E-state index is 11.5. The first kappa shape index (κ1) is 23.9. The lowest BCUT2D eigenvalue weighted by molar-refractivity contribution is 0.178. The topological polar surface area (TPSA) is 73.8 Å². The molecule has 1 atom stereocenters. The molecule has 1 heterocycles. The Balaban J connectivity index is 0.00000529. The van der Waals surface area contributed by atoms with E-state index in [2.05, 4.69) is 48.2 Å². The highest BCUT2D eigenvalue weighted by Gasteiger charge is 2.27. The fraction of sp³-hybridized carbons (Fsp3) is 0.938. The molecule has 2 N–H and O–H groups in total. The molecule has 1 saturated heterocycles. The van der Waals surface area contributed by atoms with Crippen molar-refractivity contribution in [1.82, 2.24) is 15.5 Å². The molecule has 0 amide bonds. The van der Waals surface area contributed by atoms with E-state index in [1.807, 2.05) is 6.92 Å². The number of hydrogen-bond acceptors (Lipinski definition) is 4. The zero-order valence-electron chi connectivity index (χ0n) is 15.7. The standard InChI is InChI=1S/C16H34N4O2S.HI/c1-6-17-16(18-8-9-20(13(2)3)14(4)5)19-11-15-7-10-23(21,22)12-15;/h13-15H,6-12H2,1-5H3,(H2,17,18,19);1H. The third-order valence-electron chi connectivity index (χ3n) is 4.17. The van der Waals surface area contributed by atoms with Gasteiger partial charge in [0.15, 0.2) is 15.8 Å². The van der Waals surface area contributed by atoms with Crippen LogP contribution in [0.1, 0.15) is 41.0 Å². The van der Waals surface area contributed by atoms with E-state index in [-0.39, 0.29) is 35.6 Å². The monoisotopic (exact) mass is 474 g/mol.